The summed E-state index contributed by atoms with van der Waals surface area (Å²) < 4.78 is 43.1. The Balaban J connectivity index is 1.84. The molecule has 0 atom stereocenters. The highest BCUT2D eigenvalue weighted by Crippen LogP contribution is 2.24. The molecule has 0 saturated carbocycles. The number of aromatic nitrogens is 5. The molecule has 0 bridgehead atoms. The van der Waals surface area contributed by atoms with Crippen LogP contribution in [0.15, 0.2) is 41.5 Å². The molecule has 31 heavy (non-hydrogen) atoms. The minimum Gasteiger partial charge on any atom is -0.341 e. The number of hydrogen-bond donors (Lipinski definition) is 0. The minimum atomic E-state index is -4.54. The molecule has 4 aromatic heterocycles. The average Bonchev–Trinajstić information content (AvgIpc) is 3.17. The van der Waals surface area contributed by atoms with Gasteiger partial charge in [0.15, 0.2) is 0 Å². The van der Waals surface area contributed by atoms with E-state index < -0.39 is 18.4 Å². The molecule has 0 saturated heterocycles. The molecule has 0 amide bonds. The topological polar surface area (TPSA) is 81.4 Å². The average molecular weight is 449 g/mol. The molecule has 0 aliphatic carbocycles. The van der Waals surface area contributed by atoms with Crippen molar-refractivity contribution in [3.8, 4) is 6.07 Å². The highest BCUT2D eigenvalue weighted by molar-refractivity contribution is 6.29. The monoisotopic (exact) mass is 448 g/mol. The van der Waals surface area contributed by atoms with Gasteiger partial charge in [0.25, 0.3) is 0 Å². The van der Waals surface area contributed by atoms with E-state index in [1.807, 2.05) is 4.57 Å². The predicted molar refractivity (Wildman–Crippen MR) is 109 cm³/mol. The zero-order valence-corrected chi connectivity index (χ0v) is 16.9. The fourth-order valence-corrected chi connectivity index (χ4v) is 3.85. The van der Waals surface area contributed by atoms with Crippen molar-refractivity contribution in [2.24, 2.45) is 0 Å². The van der Waals surface area contributed by atoms with Gasteiger partial charge in [-0.3, -0.25) is 14.1 Å². The molecule has 4 rings (SSSR count). The number of aryl methyl sites for hydroxylation is 1. The van der Waals surface area contributed by atoms with Gasteiger partial charge in [0.2, 0.25) is 0 Å². The Kier molecular flexibility index (Phi) is 5.45. The van der Waals surface area contributed by atoms with Gasteiger partial charge in [-0.25, -0.2) is 9.78 Å². The second-order valence-corrected chi connectivity index (χ2v) is 7.41. The normalized spacial score (nSPS) is 12.0. The van der Waals surface area contributed by atoms with Crippen LogP contribution in [-0.4, -0.2) is 29.8 Å². The van der Waals surface area contributed by atoms with Crippen molar-refractivity contribution in [2.45, 2.75) is 38.7 Å². The fraction of sp³-hybridized carbons (Fsp3) is 0.300. The molecule has 0 radical (unpaired) electrons. The minimum absolute atomic E-state index is 0.0203. The van der Waals surface area contributed by atoms with Crippen LogP contribution in [0.1, 0.15) is 18.5 Å². The highest BCUT2D eigenvalue weighted by Gasteiger charge is 2.31. The zero-order valence-electron chi connectivity index (χ0n) is 16.1. The SMILES string of the molecule is N#CCCCn1c(Cn2c(=O)n(CC(F)(F)F)c3ccncc32)cc2nc(Cl)ccc21. The van der Waals surface area contributed by atoms with Crippen LogP contribution in [0.3, 0.4) is 0 Å². The lowest BCUT2D eigenvalue weighted by Crippen LogP contribution is -2.30. The van der Waals surface area contributed by atoms with Gasteiger partial charge in [0.05, 0.1) is 40.9 Å². The van der Waals surface area contributed by atoms with Crippen molar-refractivity contribution >= 4 is 33.7 Å². The first-order valence-corrected chi connectivity index (χ1v) is 9.77. The van der Waals surface area contributed by atoms with Gasteiger partial charge < -0.3 is 4.57 Å². The summed E-state index contributed by atoms with van der Waals surface area (Å²) >= 11 is 6.00. The van der Waals surface area contributed by atoms with Crippen LogP contribution in [0.2, 0.25) is 5.15 Å². The summed E-state index contributed by atoms with van der Waals surface area (Å²) in [6, 6.07) is 8.66. The fourth-order valence-electron chi connectivity index (χ4n) is 3.69. The maximum absolute atomic E-state index is 13.1. The van der Waals surface area contributed by atoms with Crippen molar-refractivity contribution in [1.29, 1.82) is 5.26 Å². The van der Waals surface area contributed by atoms with Crippen LogP contribution in [-0.2, 0) is 19.6 Å². The van der Waals surface area contributed by atoms with E-state index in [1.54, 1.807) is 18.2 Å². The maximum atomic E-state index is 13.1. The number of nitriles is 1. The van der Waals surface area contributed by atoms with Crippen LogP contribution in [0.4, 0.5) is 13.2 Å². The third kappa shape index (κ3) is 4.14. The molecular weight excluding hydrogens is 433 g/mol. The summed E-state index contributed by atoms with van der Waals surface area (Å²) in [7, 11) is 0. The smallest absolute Gasteiger partial charge is 0.341 e. The van der Waals surface area contributed by atoms with E-state index in [9.17, 15) is 18.0 Å². The van der Waals surface area contributed by atoms with Crippen LogP contribution in [0.5, 0.6) is 0 Å². The number of hydrogen-bond acceptors (Lipinski definition) is 4. The van der Waals surface area contributed by atoms with Crippen LogP contribution < -0.4 is 5.69 Å². The molecule has 0 fully saturated rings. The first-order chi connectivity index (χ1) is 14.8. The van der Waals surface area contributed by atoms with E-state index in [2.05, 4.69) is 16.0 Å². The number of halogens is 4. The lowest BCUT2D eigenvalue weighted by Gasteiger charge is -2.11. The number of fused-ring (bicyclic) bond motifs is 2. The van der Waals surface area contributed by atoms with E-state index in [0.717, 1.165) is 5.52 Å². The third-order valence-corrected chi connectivity index (χ3v) is 5.17. The molecule has 0 N–H and O–H groups in total. The van der Waals surface area contributed by atoms with Crippen LogP contribution in [0, 0.1) is 11.3 Å². The Labute approximate surface area is 178 Å². The Hall–Kier alpha value is -3.32. The lowest BCUT2D eigenvalue weighted by molar-refractivity contribution is -0.140. The Bertz CT molecular complexity index is 1360. The van der Waals surface area contributed by atoms with Crippen molar-refractivity contribution in [2.75, 3.05) is 0 Å². The Morgan fingerprint density at radius 1 is 1.10 bits per heavy atom. The predicted octanol–water partition coefficient (Wildman–Crippen LogP) is 4.12. The van der Waals surface area contributed by atoms with Gasteiger partial charge >= 0.3 is 11.9 Å². The van der Waals surface area contributed by atoms with E-state index in [4.69, 9.17) is 16.9 Å². The molecule has 0 aromatic carbocycles. The second kappa shape index (κ2) is 8.07. The van der Waals surface area contributed by atoms with Crippen molar-refractivity contribution in [3.63, 3.8) is 0 Å². The largest absolute Gasteiger partial charge is 0.406 e. The summed E-state index contributed by atoms with van der Waals surface area (Å²) in [4.78, 5) is 21.2. The van der Waals surface area contributed by atoms with Crippen LogP contribution >= 0.6 is 11.6 Å². The van der Waals surface area contributed by atoms with Crippen molar-refractivity contribution in [1.82, 2.24) is 23.7 Å². The van der Waals surface area contributed by atoms with E-state index >= 15 is 0 Å². The Morgan fingerprint density at radius 3 is 2.65 bits per heavy atom. The lowest BCUT2D eigenvalue weighted by atomic mass is 10.3. The summed E-state index contributed by atoms with van der Waals surface area (Å²) in [6.07, 6.45) is -0.901. The van der Waals surface area contributed by atoms with Gasteiger partial charge in [-0.1, -0.05) is 11.6 Å². The van der Waals surface area contributed by atoms with E-state index in [1.165, 1.54) is 23.0 Å². The first-order valence-electron chi connectivity index (χ1n) is 9.40. The number of nitrogens with zero attached hydrogens (tertiary/aromatic N) is 6. The number of unbranched alkanes of at least 4 members (excludes halogenated alkanes) is 1. The molecule has 11 heteroatoms. The zero-order chi connectivity index (χ0) is 22.2. The Morgan fingerprint density at radius 2 is 1.90 bits per heavy atom. The molecule has 0 spiro atoms. The highest BCUT2D eigenvalue weighted by atomic mass is 35.5. The van der Waals surface area contributed by atoms with Gasteiger partial charge in [-0.15, -0.1) is 0 Å². The quantitative estimate of drug-likeness (QED) is 0.328. The standard InChI is InChI=1S/C20H16ClF3N6O/c21-18-4-3-15-14(27-18)9-13(28(15)8-2-1-6-25)11-29-17-10-26-7-5-16(17)30(19(29)31)12-20(22,23)24/h3-5,7,9-10H,1-2,8,11-12H2. The molecule has 0 aliphatic heterocycles. The van der Waals surface area contributed by atoms with Crippen molar-refractivity contribution in [3.05, 3.63) is 58.0 Å². The number of imidazole rings is 1. The molecule has 7 nitrogen and oxygen atoms in total. The summed E-state index contributed by atoms with van der Waals surface area (Å²) in [6.45, 7) is -0.877. The number of alkyl halides is 3. The molecule has 0 aliphatic rings. The molecule has 0 unspecified atom stereocenters. The first kappa shape index (κ1) is 20.9. The van der Waals surface area contributed by atoms with Gasteiger partial charge in [0.1, 0.15) is 11.7 Å². The molecule has 160 valence electrons. The number of pyridine rings is 2. The van der Waals surface area contributed by atoms with Gasteiger partial charge in [-0.2, -0.15) is 18.4 Å². The van der Waals surface area contributed by atoms with E-state index in [0.29, 0.717) is 45.8 Å². The summed E-state index contributed by atoms with van der Waals surface area (Å²) in [5.74, 6) is 0. The maximum Gasteiger partial charge on any atom is 0.406 e. The number of rotatable bonds is 6. The molecular formula is C20H16ClF3N6O. The summed E-state index contributed by atoms with van der Waals surface area (Å²) in [5.41, 5.74) is 1.72. The van der Waals surface area contributed by atoms with E-state index in [-0.39, 0.29) is 12.1 Å². The van der Waals surface area contributed by atoms with Crippen molar-refractivity contribution < 1.29 is 13.2 Å². The summed E-state index contributed by atoms with van der Waals surface area (Å²) in [5, 5.41) is 9.17. The van der Waals surface area contributed by atoms with Gasteiger partial charge in [-0.05, 0) is 30.7 Å². The second-order valence-electron chi connectivity index (χ2n) is 7.02. The van der Waals surface area contributed by atoms with Gasteiger partial charge in [0, 0.05) is 24.9 Å². The van der Waals surface area contributed by atoms with Crippen LogP contribution in [0.25, 0.3) is 22.1 Å². The molecule has 4 aromatic rings. The molecule has 4 heterocycles. The third-order valence-electron chi connectivity index (χ3n) is 4.96.